The van der Waals surface area contributed by atoms with Crippen LogP contribution in [0.5, 0.6) is 0 Å². The van der Waals surface area contributed by atoms with Crippen molar-refractivity contribution >= 4 is 0 Å². The molecular weight excluding hydrogens is 210 g/mol. The number of nitrogens with one attached hydrogen (secondary N) is 1. The third kappa shape index (κ3) is 2.24. The van der Waals surface area contributed by atoms with Gasteiger partial charge in [-0.05, 0) is 29.9 Å². The fourth-order valence-corrected chi connectivity index (χ4v) is 3.17. The molecule has 2 aliphatic rings. The fourth-order valence-electron chi connectivity index (χ4n) is 3.17. The van der Waals surface area contributed by atoms with Gasteiger partial charge in [0.2, 0.25) is 0 Å². The first kappa shape index (κ1) is 11.2. The van der Waals surface area contributed by atoms with E-state index in [1.165, 1.54) is 30.4 Å². The van der Waals surface area contributed by atoms with Crippen LogP contribution < -0.4 is 5.32 Å². The Morgan fingerprint density at radius 3 is 2.94 bits per heavy atom. The molecule has 1 saturated carbocycles. The van der Waals surface area contributed by atoms with E-state index in [4.69, 9.17) is 4.74 Å². The summed E-state index contributed by atoms with van der Waals surface area (Å²) in [5.74, 6) is 0.809. The number of rotatable bonds is 2. The minimum Gasteiger partial charge on any atom is -0.375 e. The van der Waals surface area contributed by atoms with E-state index in [9.17, 15) is 0 Å². The largest absolute Gasteiger partial charge is 0.375 e. The predicted octanol–water partition coefficient (Wildman–Crippen LogP) is 3.04. The van der Waals surface area contributed by atoms with E-state index in [0.29, 0.717) is 12.1 Å². The minimum atomic E-state index is 0.394. The van der Waals surface area contributed by atoms with Gasteiger partial charge in [0.15, 0.2) is 0 Å². The zero-order valence-corrected chi connectivity index (χ0v) is 10.5. The van der Waals surface area contributed by atoms with Gasteiger partial charge in [-0.15, -0.1) is 0 Å². The molecule has 92 valence electrons. The highest BCUT2D eigenvalue weighted by atomic mass is 16.5. The van der Waals surface area contributed by atoms with Crippen molar-refractivity contribution in [3.8, 4) is 0 Å². The average molecular weight is 231 g/mol. The van der Waals surface area contributed by atoms with Crippen molar-refractivity contribution < 1.29 is 4.74 Å². The lowest BCUT2D eigenvalue weighted by Gasteiger charge is -2.30. The van der Waals surface area contributed by atoms with Crippen LogP contribution in [-0.4, -0.2) is 12.6 Å². The first-order chi connectivity index (χ1) is 8.34. The molecule has 0 saturated heterocycles. The van der Waals surface area contributed by atoms with Crippen molar-refractivity contribution in [2.75, 3.05) is 6.61 Å². The molecule has 3 unspecified atom stereocenters. The summed E-state index contributed by atoms with van der Waals surface area (Å²) in [5.41, 5.74) is 2.79. The monoisotopic (exact) mass is 231 g/mol. The van der Waals surface area contributed by atoms with Gasteiger partial charge in [0.1, 0.15) is 0 Å². The predicted molar refractivity (Wildman–Crippen MR) is 68.8 cm³/mol. The van der Waals surface area contributed by atoms with E-state index in [1.54, 1.807) is 0 Å². The molecule has 0 aromatic heterocycles. The van der Waals surface area contributed by atoms with Gasteiger partial charge >= 0.3 is 0 Å². The van der Waals surface area contributed by atoms with Crippen molar-refractivity contribution in [2.45, 2.75) is 44.9 Å². The maximum atomic E-state index is 5.69. The second-order valence-electron chi connectivity index (χ2n) is 5.45. The van der Waals surface area contributed by atoms with E-state index in [0.717, 1.165) is 19.1 Å². The molecular formula is C15H21NO. The van der Waals surface area contributed by atoms with Gasteiger partial charge in [-0.25, -0.2) is 0 Å². The second-order valence-corrected chi connectivity index (χ2v) is 5.45. The Bertz CT molecular complexity index is 390. The van der Waals surface area contributed by atoms with Crippen molar-refractivity contribution in [1.82, 2.24) is 5.32 Å². The maximum Gasteiger partial charge on any atom is 0.0721 e. The molecule has 1 N–H and O–H groups in total. The summed E-state index contributed by atoms with van der Waals surface area (Å²) < 4.78 is 5.69. The summed E-state index contributed by atoms with van der Waals surface area (Å²) in [4.78, 5) is 0. The van der Waals surface area contributed by atoms with E-state index < -0.39 is 0 Å². The summed E-state index contributed by atoms with van der Waals surface area (Å²) in [6.07, 6.45) is 4.06. The molecule has 1 aliphatic carbocycles. The molecule has 1 fully saturated rings. The molecule has 2 heteroatoms. The molecule has 1 heterocycles. The minimum absolute atomic E-state index is 0.394. The van der Waals surface area contributed by atoms with Gasteiger partial charge in [0.25, 0.3) is 0 Å². The van der Waals surface area contributed by atoms with Crippen LogP contribution in [0.2, 0.25) is 0 Å². The summed E-state index contributed by atoms with van der Waals surface area (Å²) in [6.45, 7) is 3.95. The molecule has 1 aromatic carbocycles. The normalized spacial score (nSPS) is 32.4. The Balaban J connectivity index is 1.76. The first-order valence-electron chi connectivity index (χ1n) is 6.76. The van der Waals surface area contributed by atoms with Gasteiger partial charge in [0, 0.05) is 6.04 Å². The zero-order chi connectivity index (χ0) is 11.7. The summed E-state index contributed by atoms with van der Waals surface area (Å²) in [5, 5.41) is 3.80. The van der Waals surface area contributed by atoms with Crippen molar-refractivity contribution in [3.05, 3.63) is 35.4 Å². The molecule has 2 nitrogen and oxygen atoms in total. The molecule has 1 aromatic rings. The zero-order valence-electron chi connectivity index (χ0n) is 10.5. The van der Waals surface area contributed by atoms with Gasteiger partial charge in [0.05, 0.1) is 19.3 Å². The molecule has 3 rings (SSSR count). The molecule has 3 atom stereocenters. The third-order valence-corrected chi connectivity index (χ3v) is 4.25. The van der Waals surface area contributed by atoms with Gasteiger partial charge in [-0.1, -0.05) is 37.6 Å². The highest BCUT2D eigenvalue weighted by Gasteiger charge is 2.28. The Morgan fingerprint density at radius 2 is 2.12 bits per heavy atom. The molecule has 0 radical (unpaired) electrons. The Labute approximate surface area is 103 Å². The van der Waals surface area contributed by atoms with E-state index >= 15 is 0 Å². The topological polar surface area (TPSA) is 21.3 Å². The summed E-state index contributed by atoms with van der Waals surface area (Å²) in [7, 11) is 0. The Kier molecular flexibility index (Phi) is 3.17. The van der Waals surface area contributed by atoms with Crippen LogP contribution in [0.3, 0.4) is 0 Å². The first-order valence-corrected chi connectivity index (χ1v) is 6.76. The number of ether oxygens (including phenoxy) is 1. The van der Waals surface area contributed by atoms with Crippen molar-refractivity contribution in [3.63, 3.8) is 0 Å². The fraction of sp³-hybridized carbons (Fsp3) is 0.600. The maximum absolute atomic E-state index is 5.69. The van der Waals surface area contributed by atoms with Gasteiger partial charge in [-0.2, -0.15) is 0 Å². The van der Waals surface area contributed by atoms with E-state index in [2.05, 4.69) is 36.5 Å². The number of hydrogen-bond donors (Lipinski definition) is 1. The van der Waals surface area contributed by atoms with Crippen molar-refractivity contribution in [1.29, 1.82) is 0 Å². The molecule has 1 aliphatic heterocycles. The van der Waals surface area contributed by atoms with Gasteiger partial charge in [-0.3, -0.25) is 0 Å². The van der Waals surface area contributed by atoms with Crippen molar-refractivity contribution in [2.24, 2.45) is 5.92 Å². The summed E-state index contributed by atoms with van der Waals surface area (Å²) in [6, 6.07) is 9.73. The Hall–Kier alpha value is -0.860. The van der Waals surface area contributed by atoms with E-state index in [-0.39, 0.29) is 0 Å². The average Bonchev–Trinajstić information content (AvgIpc) is 2.76. The lowest BCUT2D eigenvalue weighted by Crippen LogP contribution is -2.38. The van der Waals surface area contributed by atoms with Crippen LogP contribution >= 0.6 is 0 Å². The highest BCUT2D eigenvalue weighted by Crippen LogP contribution is 2.30. The SMILES string of the molecule is CC1CCCC1NC1COCc2ccccc21. The number of benzene rings is 1. The molecule has 0 bridgehead atoms. The lowest BCUT2D eigenvalue weighted by molar-refractivity contribution is 0.0769. The molecule has 17 heavy (non-hydrogen) atoms. The standard InChI is InChI=1S/C15H21NO/c1-11-5-4-8-14(11)16-15-10-17-9-12-6-2-3-7-13(12)15/h2-3,6-7,11,14-16H,4-5,8-10H2,1H3. The van der Waals surface area contributed by atoms with Crippen LogP contribution in [0.25, 0.3) is 0 Å². The van der Waals surface area contributed by atoms with Crippen LogP contribution in [0, 0.1) is 5.92 Å². The smallest absolute Gasteiger partial charge is 0.0721 e. The number of hydrogen-bond acceptors (Lipinski definition) is 2. The quantitative estimate of drug-likeness (QED) is 0.844. The molecule has 0 spiro atoms. The van der Waals surface area contributed by atoms with Crippen LogP contribution in [0.1, 0.15) is 43.4 Å². The Morgan fingerprint density at radius 1 is 1.24 bits per heavy atom. The molecule has 0 amide bonds. The third-order valence-electron chi connectivity index (χ3n) is 4.25. The van der Waals surface area contributed by atoms with Crippen LogP contribution in [0.15, 0.2) is 24.3 Å². The summed E-state index contributed by atoms with van der Waals surface area (Å²) >= 11 is 0. The van der Waals surface area contributed by atoms with Crippen LogP contribution in [-0.2, 0) is 11.3 Å². The van der Waals surface area contributed by atoms with Crippen LogP contribution in [0.4, 0.5) is 0 Å². The number of fused-ring (bicyclic) bond motifs is 1. The highest BCUT2D eigenvalue weighted by molar-refractivity contribution is 5.31. The van der Waals surface area contributed by atoms with Gasteiger partial charge < -0.3 is 10.1 Å². The second kappa shape index (κ2) is 4.79. The van der Waals surface area contributed by atoms with E-state index in [1.807, 2.05) is 0 Å². The lowest BCUT2D eigenvalue weighted by atomic mass is 9.97.